The lowest BCUT2D eigenvalue weighted by Gasteiger charge is -2.12. The molecule has 19 heavy (non-hydrogen) atoms. The first-order chi connectivity index (χ1) is 9.05. The molecule has 0 bridgehead atoms. The molecule has 0 radical (unpaired) electrons. The second kappa shape index (κ2) is 11.0. The lowest BCUT2D eigenvalue weighted by molar-refractivity contribution is 0.581. The van der Waals surface area contributed by atoms with E-state index < -0.39 is 10.0 Å². The van der Waals surface area contributed by atoms with Gasteiger partial charge in [-0.3, -0.25) is 4.99 Å². The Morgan fingerprint density at radius 3 is 2.26 bits per heavy atom. The van der Waals surface area contributed by atoms with Gasteiger partial charge < -0.3 is 10.6 Å². The third-order valence-electron chi connectivity index (χ3n) is 2.67. The summed E-state index contributed by atoms with van der Waals surface area (Å²) in [6, 6.07) is 0. The summed E-state index contributed by atoms with van der Waals surface area (Å²) in [5.74, 6) is 0.824. The van der Waals surface area contributed by atoms with E-state index in [0.29, 0.717) is 19.0 Å². The molecule has 0 fully saturated rings. The molecular formula is C12H28N4O2S. The summed E-state index contributed by atoms with van der Waals surface area (Å²) in [4.78, 5) is 4.08. The van der Waals surface area contributed by atoms with Crippen LogP contribution in [0.5, 0.6) is 0 Å². The monoisotopic (exact) mass is 292 g/mol. The fourth-order valence-electron chi connectivity index (χ4n) is 1.47. The SMILES string of the molecule is CCCCCCNC(=NC)NCCNS(=O)(=O)CC. The second-order valence-corrected chi connectivity index (χ2v) is 6.38. The first-order valence-electron chi connectivity index (χ1n) is 6.97. The molecule has 7 heteroatoms. The van der Waals surface area contributed by atoms with Crippen LogP contribution in [-0.4, -0.2) is 46.8 Å². The van der Waals surface area contributed by atoms with Crippen LogP contribution in [0.15, 0.2) is 4.99 Å². The number of nitrogens with one attached hydrogen (secondary N) is 3. The van der Waals surface area contributed by atoms with E-state index in [1.54, 1.807) is 14.0 Å². The zero-order valence-corrected chi connectivity index (χ0v) is 13.1. The summed E-state index contributed by atoms with van der Waals surface area (Å²) in [6.07, 6.45) is 4.82. The van der Waals surface area contributed by atoms with Gasteiger partial charge in [0.25, 0.3) is 0 Å². The molecule has 0 aliphatic heterocycles. The van der Waals surface area contributed by atoms with E-state index in [1.165, 1.54) is 19.3 Å². The standard InChI is InChI=1S/C12H28N4O2S/c1-4-6-7-8-9-14-12(13-3)15-10-11-16-19(17,18)5-2/h16H,4-11H2,1-3H3,(H2,13,14,15). The van der Waals surface area contributed by atoms with Crippen molar-refractivity contribution in [2.45, 2.75) is 39.5 Å². The van der Waals surface area contributed by atoms with Crippen molar-refractivity contribution in [3.63, 3.8) is 0 Å². The minimum Gasteiger partial charge on any atom is -0.356 e. The predicted octanol–water partition coefficient (Wildman–Crippen LogP) is 0.671. The Hall–Kier alpha value is -0.820. The highest BCUT2D eigenvalue weighted by Crippen LogP contribution is 1.96. The summed E-state index contributed by atoms with van der Waals surface area (Å²) in [7, 11) is -1.40. The van der Waals surface area contributed by atoms with Gasteiger partial charge in [-0.05, 0) is 13.3 Å². The maximum absolute atomic E-state index is 11.2. The molecular weight excluding hydrogens is 264 g/mol. The van der Waals surface area contributed by atoms with Crippen LogP contribution in [0.1, 0.15) is 39.5 Å². The second-order valence-electron chi connectivity index (χ2n) is 4.28. The molecule has 0 aromatic rings. The molecule has 0 unspecified atom stereocenters. The van der Waals surface area contributed by atoms with Crippen molar-refractivity contribution >= 4 is 16.0 Å². The van der Waals surface area contributed by atoms with Gasteiger partial charge in [-0.2, -0.15) is 0 Å². The molecule has 114 valence electrons. The zero-order valence-electron chi connectivity index (χ0n) is 12.3. The van der Waals surface area contributed by atoms with Gasteiger partial charge in [0.1, 0.15) is 0 Å². The number of hydrogen-bond donors (Lipinski definition) is 3. The first-order valence-corrected chi connectivity index (χ1v) is 8.62. The topological polar surface area (TPSA) is 82.6 Å². The van der Waals surface area contributed by atoms with E-state index in [9.17, 15) is 8.42 Å². The van der Waals surface area contributed by atoms with Crippen molar-refractivity contribution in [1.82, 2.24) is 15.4 Å². The lowest BCUT2D eigenvalue weighted by atomic mass is 10.2. The van der Waals surface area contributed by atoms with Crippen LogP contribution in [0.2, 0.25) is 0 Å². The number of sulfonamides is 1. The summed E-state index contributed by atoms with van der Waals surface area (Å²) in [6.45, 7) is 5.58. The molecule has 0 aliphatic rings. The Labute approximate surface area is 117 Å². The zero-order chi connectivity index (χ0) is 14.6. The highest BCUT2D eigenvalue weighted by atomic mass is 32.2. The van der Waals surface area contributed by atoms with E-state index in [-0.39, 0.29) is 5.75 Å². The number of hydrogen-bond acceptors (Lipinski definition) is 3. The number of nitrogens with zero attached hydrogens (tertiary/aromatic N) is 1. The van der Waals surface area contributed by atoms with Gasteiger partial charge in [-0.25, -0.2) is 13.1 Å². The molecule has 3 N–H and O–H groups in total. The molecule has 0 aliphatic carbocycles. The van der Waals surface area contributed by atoms with Crippen LogP contribution in [0.3, 0.4) is 0 Å². The molecule has 6 nitrogen and oxygen atoms in total. The Morgan fingerprint density at radius 2 is 1.68 bits per heavy atom. The quantitative estimate of drug-likeness (QED) is 0.314. The Kier molecular flexibility index (Phi) is 10.6. The van der Waals surface area contributed by atoms with Crippen molar-refractivity contribution in [1.29, 1.82) is 0 Å². The normalized spacial score (nSPS) is 12.5. The molecule has 0 saturated heterocycles. The van der Waals surface area contributed by atoms with Crippen LogP contribution in [0.25, 0.3) is 0 Å². The van der Waals surface area contributed by atoms with Crippen LogP contribution in [-0.2, 0) is 10.0 Å². The number of guanidine groups is 1. The van der Waals surface area contributed by atoms with E-state index >= 15 is 0 Å². The van der Waals surface area contributed by atoms with Crippen molar-refractivity contribution in [3.05, 3.63) is 0 Å². The molecule has 0 atom stereocenters. The molecule has 0 amide bonds. The third-order valence-corrected chi connectivity index (χ3v) is 4.07. The summed E-state index contributed by atoms with van der Waals surface area (Å²) in [5.41, 5.74) is 0. The maximum Gasteiger partial charge on any atom is 0.211 e. The summed E-state index contributed by atoms with van der Waals surface area (Å²) < 4.78 is 24.9. The van der Waals surface area contributed by atoms with Gasteiger partial charge in [0.05, 0.1) is 5.75 Å². The van der Waals surface area contributed by atoms with Gasteiger partial charge in [0.15, 0.2) is 5.96 Å². The first kappa shape index (κ1) is 18.2. The number of unbranched alkanes of at least 4 members (excludes halogenated alkanes) is 3. The Balaban J connectivity index is 3.66. The minimum atomic E-state index is -3.10. The van der Waals surface area contributed by atoms with E-state index in [1.807, 2.05) is 0 Å². The van der Waals surface area contributed by atoms with Gasteiger partial charge in [-0.1, -0.05) is 26.2 Å². The molecule has 0 saturated carbocycles. The van der Waals surface area contributed by atoms with E-state index in [2.05, 4.69) is 27.3 Å². The fourth-order valence-corrected chi connectivity index (χ4v) is 2.09. The van der Waals surface area contributed by atoms with Crippen molar-refractivity contribution in [2.24, 2.45) is 4.99 Å². The summed E-state index contributed by atoms with van der Waals surface area (Å²) >= 11 is 0. The van der Waals surface area contributed by atoms with Gasteiger partial charge in [0, 0.05) is 26.7 Å². The average molecular weight is 292 g/mol. The van der Waals surface area contributed by atoms with Crippen molar-refractivity contribution < 1.29 is 8.42 Å². The molecule has 0 spiro atoms. The van der Waals surface area contributed by atoms with Gasteiger partial charge in [-0.15, -0.1) is 0 Å². The van der Waals surface area contributed by atoms with Gasteiger partial charge in [0.2, 0.25) is 10.0 Å². The van der Waals surface area contributed by atoms with Crippen LogP contribution >= 0.6 is 0 Å². The number of rotatable bonds is 10. The third kappa shape index (κ3) is 10.8. The van der Waals surface area contributed by atoms with E-state index in [4.69, 9.17) is 0 Å². The average Bonchev–Trinajstić information content (AvgIpc) is 2.41. The molecule has 0 aromatic heterocycles. The number of aliphatic imine (C=N–C) groups is 1. The molecule has 0 rings (SSSR count). The summed E-state index contributed by atoms with van der Waals surface area (Å²) in [5, 5.41) is 6.27. The maximum atomic E-state index is 11.2. The lowest BCUT2D eigenvalue weighted by Crippen LogP contribution is -2.42. The fraction of sp³-hybridized carbons (Fsp3) is 0.917. The smallest absolute Gasteiger partial charge is 0.211 e. The highest BCUT2D eigenvalue weighted by Gasteiger charge is 2.04. The highest BCUT2D eigenvalue weighted by molar-refractivity contribution is 7.89. The Bertz CT molecular complexity index is 342. The van der Waals surface area contributed by atoms with Crippen LogP contribution in [0, 0.1) is 0 Å². The van der Waals surface area contributed by atoms with Crippen LogP contribution < -0.4 is 15.4 Å². The van der Waals surface area contributed by atoms with Crippen molar-refractivity contribution in [2.75, 3.05) is 32.4 Å². The van der Waals surface area contributed by atoms with Gasteiger partial charge >= 0.3 is 0 Å². The minimum absolute atomic E-state index is 0.109. The van der Waals surface area contributed by atoms with Crippen molar-refractivity contribution in [3.8, 4) is 0 Å². The Morgan fingerprint density at radius 1 is 1.00 bits per heavy atom. The predicted molar refractivity (Wildman–Crippen MR) is 81.0 cm³/mol. The van der Waals surface area contributed by atoms with E-state index in [0.717, 1.165) is 13.0 Å². The largest absolute Gasteiger partial charge is 0.356 e. The van der Waals surface area contributed by atoms with Crippen LogP contribution in [0.4, 0.5) is 0 Å². The molecule has 0 aromatic carbocycles. The molecule has 0 heterocycles.